The first kappa shape index (κ1) is 14.4. The summed E-state index contributed by atoms with van der Waals surface area (Å²) >= 11 is 3.63. The number of halogens is 1. The molecule has 20 heavy (non-hydrogen) atoms. The molecule has 0 aromatic heterocycles. The maximum absolute atomic E-state index is 5.83. The van der Waals surface area contributed by atoms with E-state index in [1.54, 1.807) is 0 Å². The fraction of sp³-hybridized carbons (Fsp3) is 0.625. The number of nitrogens with one attached hydrogen (secondary N) is 1. The van der Waals surface area contributed by atoms with Gasteiger partial charge in [0.25, 0.3) is 0 Å². The van der Waals surface area contributed by atoms with E-state index in [0.29, 0.717) is 5.54 Å². The van der Waals surface area contributed by atoms with E-state index in [1.165, 1.54) is 28.4 Å². The summed E-state index contributed by atoms with van der Waals surface area (Å²) in [4.78, 5) is 2.54. The van der Waals surface area contributed by atoms with Crippen LogP contribution < -0.4 is 10.1 Å². The number of hydrogen-bond donors (Lipinski definition) is 1. The maximum Gasteiger partial charge on any atom is 0.127 e. The van der Waals surface area contributed by atoms with Gasteiger partial charge in [0.05, 0.1) is 6.61 Å². The van der Waals surface area contributed by atoms with Gasteiger partial charge < -0.3 is 10.1 Å². The summed E-state index contributed by atoms with van der Waals surface area (Å²) in [6.45, 7) is 6.46. The first-order valence-electron chi connectivity index (χ1n) is 7.45. The Hall–Kier alpha value is -0.580. The molecule has 0 atom stereocenters. The Labute approximate surface area is 129 Å². The molecular formula is C16H23BrN2O. The average Bonchev–Trinajstić information content (AvgIpc) is 2.90. The van der Waals surface area contributed by atoms with Crippen LogP contribution in [0.3, 0.4) is 0 Å². The Morgan fingerprint density at radius 3 is 2.80 bits per heavy atom. The van der Waals surface area contributed by atoms with Crippen molar-refractivity contribution in [1.82, 2.24) is 10.2 Å². The van der Waals surface area contributed by atoms with Crippen molar-refractivity contribution in [3.8, 4) is 5.75 Å². The normalized spacial score (nSPS) is 21.6. The second kappa shape index (κ2) is 5.66. The van der Waals surface area contributed by atoms with Gasteiger partial charge >= 0.3 is 0 Å². The first-order valence-corrected chi connectivity index (χ1v) is 8.24. The zero-order valence-corrected chi connectivity index (χ0v) is 13.9. The fourth-order valence-corrected chi connectivity index (χ4v) is 3.71. The SMILES string of the molecule is CNC1(C)CCN(Cc2cc(Br)cc3c2OCC3)CC1. The maximum atomic E-state index is 5.83. The summed E-state index contributed by atoms with van der Waals surface area (Å²) < 4.78 is 7.00. The van der Waals surface area contributed by atoms with Crippen LogP contribution in [-0.2, 0) is 13.0 Å². The minimum Gasteiger partial charge on any atom is -0.493 e. The van der Waals surface area contributed by atoms with Gasteiger partial charge in [-0.3, -0.25) is 4.90 Å². The molecule has 2 aliphatic rings. The van der Waals surface area contributed by atoms with Crippen LogP contribution in [0.25, 0.3) is 0 Å². The zero-order valence-electron chi connectivity index (χ0n) is 12.3. The topological polar surface area (TPSA) is 24.5 Å². The molecule has 0 spiro atoms. The lowest BCUT2D eigenvalue weighted by Gasteiger charge is -2.39. The minimum atomic E-state index is 0.312. The highest BCUT2D eigenvalue weighted by Crippen LogP contribution is 2.34. The van der Waals surface area contributed by atoms with E-state index < -0.39 is 0 Å². The van der Waals surface area contributed by atoms with E-state index in [1.807, 2.05) is 0 Å². The standard InChI is InChI=1S/C16H23BrN2O/c1-16(18-2)4-6-19(7-5-16)11-13-10-14(17)9-12-3-8-20-15(12)13/h9-10,18H,3-8,11H2,1-2H3. The molecule has 0 aliphatic carbocycles. The molecule has 4 heteroatoms. The van der Waals surface area contributed by atoms with Gasteiger partial charge in [-0.25, -0.2) is 0 Å². The molecule has 0 radical (unpaired) electrons. The van der Waals surface area contributed by atoms with Crippen molar-refractivity contribution in [1.29, 1.82) is 0 Å². The molecule has 3 nitrogen and oxygen atoms in total. The molecule has 0 unspecified atom stereocenters. The van der Waals surface area contributed by atoms with Gasteiger partial charge in [0, 0.05) is 41.6 Å². The van der Waals surface area contributed by atoms with Gasteiger partial charge in [0.15, 0.2) is 0 Å². The summed E-state index contributed by atoms with van der Waals surface area (Å²) in [5, 5.41) is 3.46. The van der Waals surface area contributed by atoms with Crippen LogP contribution in [-0.4, -0.2) is 37.2 Å². The Morgan fingerprint density at radius 1 is 1.35 bits per heavy atom. The third-order valence-electron chi connectivity index (χ3n) is 4.78. The monoisotopic (exact) mass is 338 g/mol. The summed E-state index contributed by atoms with van der Waals surface area (Å²) in [6.07, 6.45) is 3.46. The van der Waals surface area contributed by atoms with Crippen molar-refractivity contribution in [2.75, 3.05) is 26.7 Å². The van der Waals surface area contributed by atoms with Gasteiger partial charge in [0.2, 0.25) is 0 Å². The lowest BCUT2D eigenvalue weighted by atomic mass is 9.89. The molecule has 1 fully saturated rings. The molecule has 2 heterocycles. The van der Waals surface area contributed by atoms with Crippen LogP contribution in [0.4, 0.5) is 0 Å². The molecule has 0 bridgehead atoms. The number of likely N-dealkylation sites (tertiary alicyclic amines) is 1. The van der Waals surface area contributed by atoms with Crippen molar-refractivity contribution in [3.63, 3.8) is 0 Å². The quantitative estimate of drug-likeness (QED) is 0.916. The van der Waals surface area contributed by atoms with E-state index in [2.05, 4.69) is 52.3 Å². The highest BCUT2D eigenvalue weighted by Gasteiger charge is 2.29. The van der Waals surface area contributed by atoms with Gasteiger partial charge in [-0.1, -0.05) is 15.9 Å². The third kappa shape index (κ3) is 2.87. The molecule has 0 amide bonds. The Kier molecular flexibility index (Phi) is 4.07. The van der Waals surface area contributed by atoms with Crippen LogP contribution in [0.5, 0.6) is 5.75 Å². The average molecular weight is 339 g/mol. The van der Waals surface area contributed by atoms with Gasteiger partial charge in [-0.05, 0) is 44.5 Å². The molecular weight excluding hydrogens is 316 g/mol. The lowest BCUT2D eigenvalue weighted by Crippen LogP contribution is -2.49. The van der Waals surface area contributed by atoms with Crippen molar-refractivity contribution in [2.24, 2.45) is 0 Å². The van der Waals surface area contributed by atoms with Gasteiger partial charge in [-0.15, -0.1) is 0 Å². The molecule has 2 aliphatic heterocycles. The van der Waals surface area contributed by atoms with Gasteiger partial charge in [0.1, 0.15) is 5.75 Å². The molecule has 0 saturated carbocycles. The summed E-state index contributed by atoms with van der Waals surface area (Å²) in [5.41, 5.74) is 3.00. The van der Waals surface area contributed by atoms with Crippen LogP contribution >= 0.6 is 15.9 Å². The predicted octanol–water partition coefficient (Wildman–Crippen LogP) is 2.96. The Morgan fingerprint density at radius 2 is 2.10 bits per heavy atom. The molecule has 3 rings (SSSR count). The second-order valence-electron chi connectivity index (χ2n) is 6.24. The highest BCUT2D eigenvalue weighted by atomic mass is 79.9. The van der Waals surface area contributed by atoms with E-state index in [4.69, 9.17) is 4.74 Å². The largest absolute Gasteiger partial charge is 0.493 e. The van der Waals surface area contributed by atoms with Crippen LogP contribution in [0.2, 0.25) is 0 Å². The van der Waals surface area contributed by atoms with Gasteiger partial charge in [-0.2, -0.15) is 0 Å². The molecule has 110 valence electrons. The van der Waals surface area contributed by atoms with E-state index in [0.717, 1.165) is 38.4 Å². The number of ether oxygens (including phenoxy) is 1. The molecule has 1 saturated heterocycles. The van der Waals surface area contributed by atoms with E-state index in [9.17, 15) is 0 Å². The van der Waals surface area contributed by atoms with Crippen molar-refractivity contribution < 1.29 is 4.74 Å². The number of nitrogens with zero attached hydrogens (tertiary/aromatic N) is 1. The number of benzene rings is 1. The fourth-order valence-electron chi connectivity index (χ4n) is 3.16. The highest BCUT2D eigenvalue weighted by molar-refractivity contribution is 9.10. The summed E-state index contributed by atoms with van der Waals surface area (Å²) in [5.74, 6) is 1.13. The van der Waals surface area contributed by atoms with E-state index >= 15 is 0 Å². The first-order chi connectivity index (χ1) is 9.59. The number of hydrogen-bond acceptors (Lipinski definition) is 3. The molecule has 1 N–H and O–H groups in total. The number of fused-ring (bicyclic) bond motifs is 1. The molecule has 1 aromatic carbocycles. The van der Waals surface area contributed by atoms with Crippen LogP contribution in [0, 0.1) is 0 Å². The van der Waals surface area contributed by atoms with Crippen LogP contribution in [0.1, 0.15) is 30.9 Å². The number of rotatable bonds is 3. The van der Waals surface area contributed by atoms with E-state index in [-0.39, 0.29) is 0 Å². The number of piperidine rings is 1. The third-order valence-corrected chi connectivity index (χ3v) is 5.24. The van der Waals surface area contributed by atoms with Crippen molar-refractivity contribution in [2.45, 2.75) is 38.3 Å². The summed E-state index contributed by atoms with van der Waals surface area (Å²) in [6, 6.07) is 4.41. The Bertz CT molecular complexity index is 495. The van der Waals surface area contributed by atoms with Crippen molar-refractivity contribution in [3.05, 3.63) is 27.7 Å². The Balaban J connectivity index is 1.71. The molecule has 1 aromatic rings. The zero-order chi connectivity index (χ0) is 14.2. The smallest absolute Gasteiger partial charge is 0.127 e. The predicted molar refractivity (Wildman–Crippen MR) is 85.3 cm³/mol. The minimum absolute atomic E-state index is 0.312. The van der Waals surface area contributed by atoms with Crippen LogP contribution in [0.15, 0.2) is 16.6 Å². The lowest BCUT2D eigenvalue weighted by molar-refractivity contribution is 0.145. The van der Waals surface area contributed by atoms with Crippen molar-refractivity contribution >= 4 is 15.9 Å². The second-order valence-corrected chi connectivity index (χ2v) is 7.15. The summed E-state index contributed by atoms with van der Waals surface area (Å²) in [7, 11) is 2.07.